The van der Waals surface area contributed by atoms with E-state index in [4.69, 9.17) is 4.74 Å². The molecule has 0 aromatic heterocycles. The van der Waals surface area contributed by atoms with Crippen molar-refractivity contribution >= 4 is 0 Å². The summed E-state index contributed by atoms with van der Waals surface area (Å²) in [6, 6.07) is 0. The number of hydrogen-bond acceptors (Lipinski definition) is 2. The lowest BCUT2D eigenvalue weighted by atomic mass is 9.83. The first-order valence-corrected chi connectivity index (χ1v) is 7.11. The summed E-state index contributed by atoms with van der Waals surface area (Å²) in [5.41, 5.74) is 0. The van der Waals surface area contributed by atoms with Crippen molar-refractivity contribution in [3.05, 3.63) is 0 Å². The fourth-order valence-electron chi connectivity index (χ4n) is 2.44. The van der Waals surface area contributed by atoms with E-state index < -0.39 is 0 Å². The quantitative estimate of drug-likeness (QED) is 0.643. The molecule has 0 unspecified atom stereocenters. The highest BCUT2D eigenvalue weighted by atomic mass is 16.5. The Kier molecular flexibility index (Phi) is 7.87. The lowest BCUT2D eigenvalue weighted by Gasteiger charge is -2.26. The Morgan fingerprint density at radius 2 is 1.88 bits per heavy atom. The van der Waals surface area contributed by atoms with E-state index in [9.17, 15) is 0 Å². The van der Waals surface area contributed by atoms with Crippen LogP contribution in [-0.4, -0.2) is 26.3 Å². The summed E-state index contributed by atoms with van der Waals surface area (Å²) in [5.74, 6) is 1.92. The van der Waals surface area contributed by atoms with Crippen LogP contribution in [0.25, 0.3) is 0 Å². The van der Waals surface area contributed by atoms with Gasteiger partial charge in [0.2, 0.25) is 0 Å². The first-order valence-electron chi connectivity index (χ1n) is 7.11. The molecule has 1 aliphatic carbocycles. The van der Waals surface area contributed by atoms with E-state index in [2.05, 4.69) is 19.2 Å². The van der Waals surface area contributed by atoms with Crippen LogP contribution in [0.5, 0.6) is 0 Å². The molecule has 0 atom stereocenters. The van der Waals surface area contributed by atoms with Gasteiger partial charge in [-0.25, -0.2) is 0 Å². The van der Waals surface area contributed by atoms with E-state index in [-0.39, 0.29) is 0 Å². The van der Waals surface area contributed by atoms with Gasteiger partial charge in [0.25, 0.3) is 0 Å². The highest BCUT2D eigenvalue weighted by molar-refractivity contribution is 4.71. The van der Waals surface area contributed by atoms with E-state index in [0.717, 1.165) is 25.0 Å². The Labute approximate surface area is 101 Å². The highest BCUT2D eigenvalue weighted by Crippen LogP contribution is 2.27. The van der Waals surface area contributed by atoms with Crippen molar-refractivity contribution in [2.45, 2.75) is 52.4 Å². The Bertz CT molecular complexity index is 153. The molecule has 0 amide bonds. The predicted molar refractivity (Wildman–Crippen MR) is 69.7 cm³/mol. The maximum Gasteiger partial charge on any atom is 0.0466 e. The van der Waals surface area contributed by atoms with Gasteiger partial charge in [0, 0.05) is 13.2 Å². The molecule has 0 radical (unpaired) electrons. The van der Waals surface area contributed by atoms with Gasteiger partial charge in [-0.15, -0.1) is 0 Å². The van der Waals surface area contributed by atoms with Gasteiger partial charge in [-0.3, -0.25) is 0 Å². The van der Waals surface area contributed by atoms with Crippen LogP contribution in [-0.2, 0) is 4.74 Å². The fraction of sp³-hybridized carbons (Fsp3) is 1.00. The third-order valence-electron chi connectivity index (χ3n) is 3.66. The van der Waals surface area contributed by atoms with Crippen LogP contribution in [0.3, 0.4) is 0 Å². The Hall–Kier alpha value is -0.0800. The predicted octanol–water partition coefficient (Wildman–Crippen LogP) is 3.22. The molecule has 0 spiro atoms. The summed E-state index contributed by atoms with van der Waals surface area (Å²) in [5, 5.41) is 3.59. The summed E-state index contributed by atoms with van der Waals surface area (Å²) >= 11 is 0. The molecule has 0 bridgehead atoms. The van der Waals surface area contributed by atoms with E-state index >= 15 is 0 Å². The molecule has 0 aromatic rings. The molecule has 96 valence electrons. The second-order valence-electron chi connectivity index (χ2n) is 5.23. The number of rotatable bonds is 8. The van der Waals surface area contributed by atoms with Crippen molar-refractivity contribution in [2.24, 2.45) is 11.8 Å². The molecule has 16 heavy (non-hydrogen) atoms. The molecule has 1 aliphatic rings. The molecular formula is C14H29NO. The summed E-state index contributed by atoms with van der Waals surface area (Å²) in [6.45, 7) is 8.63. The number of unbranched alkanes of at least 4 members (excludes halogenated alkanes) is 1. The van der Waals surface area contributed by atoms with Gasteiger partial charge >= 0.3 is 0 Å². The van der Waals surface area contributed by atoms with E-state index in [1.165, 1.54) is 51.6 Å². The number of hydrogen-bond donors (Lipinski definition) is 1. The molecule has 0 saturated heterocycles. The molecule has 1 rings (SSSR count). The fourth-order valence-corrected chi connectivity index (χ4v) is 2.44. The zero-order chi connectivity index (χ0) is 11.6. The van der Waals surface area contributed by atoms with E-state index in [0.29, 0.717) is 0 Å². The minimum absolute atomic E-state index is 0.855. The molecule has 2 heteroatoms. The van der Waals surface area contributed by atoms with Gasteiger partial charge in [-0.2, -0.15) is 0 Å². The van der Waals surface area contributed by atoms with Crippen LogP contribution in [0.1, 0.15) is 52.4 Å². The topological polar surface area (TPSA) is 21.3 Å². The van der Waals surface area contributed by atoms with Crippen molar-refractivity contribution in [3.8, 4) is 0 Å². The van der Waals surface area contributed by atoms with Gasteiger partial charge in [-0.05, 0) is 57.5 Å². The standard InChI is InChI=1S/C14H29NO/c1-3-16-11-5-4-10-15-12-14-8-6-13(2)7-9-14/h13-15H,3-12H2,1-2H3. The van der Waals surface area contributed by atoms with Crippen molar-refractivity contribution in [3.63, 3.8) is 0 Å². The van der Waals surface area contributed by atoms with Crippen LogP contribution in [0.4, 0.5) is 0 Å². The Morgan fingerprint density at radius 1 is 1.12 bits per heavy atom. The van der Waals surface area contributed by atoms with Crippen molar-refractivity contribution in [1.82, 2.24) is 5.32 Å². The number of ether oxygens (including phenoxy) is 1. The van der Waals surface area contributed by atoms with Crippen LogP contribution < -0.4 is 5.32 Å². The molecule has 2 nitrogen and oxygen atoms in total. The lowest BCUT2D eigenvalue weighted by molar-refractivity contribution is 0.143. The second-order valence-corrected chi connectivity index (χ2v) is 5.23. The third-order valence-corrected chi connectivity index (χ3v) is 3.66. The van der Waals surface area contributed by atoms with Gasteiger partial charge in [0.05, 0.1) is 0 Å². The average Bonchev–Trinajstić information content (AvgIpc) is 2.30. The summed E-state index contributed by atoms with van der Waals surface area (Å²) in [7, 11) is 0. The summed E-state index contributed by atoms with van der Waals surface area (Å²) < 4.78 is 5.31. The lowest BCUT2D eigenvalue weighted by Crippen LogP contribution is -2.26. The highest BCUT2D eigenvalue weighted by Gasteiger charge is 2.17. The van der Waals surface area contributed by atoms with Crippen LogP contribution in [0.2, 0.25) is 0 Å². The average molecular weight is 227 g/mol. The zero-order valence-corrected chi connectivity index (χ0v) is 11.1. The third kappa shape index (κ3) is 6.49. The largest absolute Gasteiger partial charge is 0.382 e. The Balaban J connectivity index is 1.84. The van der Waals surface area contributed by atoms with Crippen molar-refractivity contribution in [1.29, 1.82) is 0 Å². The molecule has 1 fully saturated rings. The van der Waals surface area contributed by atoms with Crippen LogP contribution in [0, 0.1) is 11.8 Å². The Morgan fingerprint density at radius 3 is 2.56 bits per heavy atom. The van der Waals surface area contributed by atoms with Gasteiger partial charge in [0.15, 0.2) is 0 Å². The maximum atomic E-state index is 5.31. The smallest absolute Gasteiger partial charge is 0.0466 e. The van der Waals surface area contributed by atoms with Crippen molar-refractivity contribution < 1.29 is 4.74 Å². The first-order chi connectivity index (χ1) is 7.83. The molecule has 0 aromatic carbocycles. The van der Waals surface area contributed by atoms with Gasteiger partial charge < -0.3 is 10.1 Å². The maximum absolute atomic E-state index is 5.31. The number of nitrogens with one attached hydrogen (secondary N) is 1. The van der Waals surface area contributed by atoms with Crippen LogP contribution >= 0.6 is 0 Å². The second kappa shape index (κ2) is 9.00. The molecule has 1 saturated carbocycles. The van der Waals surface area contributed by atoms with Gasteiger partial charge in [-0.1, -0.05) is 19.8 Å². The van der Waals surface area contributed by atoms with E-state index in [1.54, 1.807) is 0 Å². The van der Waals surface area contributed by atoms with Crippen molar-refractivity contribution in [2.75, 3.05) is 26.3 Å². The van der Waals surface area contributed by atoms with E-state index in [1.807, 2.05) is 0 Å². The molecule has 0 aliphatic heterocycles. The zero-order valence-electron chi connectivity index (χ0n) is 11.1. The minimum Gasteiger partial charge on any atom is -0.382 e. The monoisotopic (exact) mass is 227 g/mol. The van der Waals surface area contributed by atoms with Crippen LogP contribution in [0.15, 0.2) is 0 Å². The molecule has 1 N–H and O–H groups in total. The summed E-state index contributed by atoms with van der Waals surface area (Å²) in [6.07, 6.45) is 8.21. The SMILES string of the molecule is CCOCCCCNCC1CCC(C)CC1. The van der Waals surface area contributed by atoms with Gasteiger partial charge in [0.1, 0.15) is 0 Å². The minimum atomic E-state index is 0.855. The molecule has 0 heterocycles. The normalized spacial score (nSPS) is 25.9. The molecular weight excluding hydrogens is 198 g/mol. The summed E-state index contributed by atoms with van der Waals surface area (Å²) in [4.78, 5) is 0. The first kappa shape index (κ1) is 14.0.